The number of anilines is 2. The molecule has 3 aromatic rings. The van der Waals surface area contributed by atoms with Gasteiger partial charge in [-0.3, -0.25) is 18.9 Å². The summed E-state index contributed by atoms with van der Waals surface area (Å²) in [5.74, 6) is -1.15. The van der Waals surface area contributed by atoms with E-state index in [0.717, 1.165) is 12.1 Å². The Morgan fingerprint density at radius 1 is 0.812 bits per heavy atom. The van der Waals surface area contributed by atoms with Gasteiger partial charge in [-0.05, 0) is 36.8 Å². The lowest BCUT2D eigenvalue weighted by Gasteiger charge is -2.22. The Labute approximate surface area is 183 Å². The third-order valence-corrected chi connectivity index (χ3v) is 7.47. The number of carbonyl (C=O) groups excluding carboxylic acids is 2. The minimum Gasteiger partial charge on any atom is -0.398 e. The second kappa shape index (κ2) is 7.26. The van der Waals surface area contributed by atoms with Gasteiger partial charge in [-0.2, -0.15) is 8.42 Å². The minimum absolute atomic E-state index is 0.00948. The number of rotatable bonds is 4. The summed E-state index contributed by atoms with van der Waals surface area (Å²) in [6, 6.07) is 11.9. The summed E-state index contributed by atoms with van der Waals surface area (Å²) in [5, 5.41) is 0. The zero-order chi connectivity index (χ0) is 23.4. The predicted octanol–water partition coefficient (Wildman–Crippen LogP) is 2.40. The molecule has 0 saturated carbocycles. The van der Waals surface area contributed by atoms with E-state index < -0.39 is 41.5 Å². The molecule has 0 aromatic heterocycles. The fraction of sp³-hybridized carbons (Fsp3) is 0.0476. The van der Waals surface area contributed by atoms with E-state index >= 15 is 0 Å². The van der Waals surface area contributed by atoms with Gasteiger partial charge < -0.3 is 5.73 Å². The van der Waals surface area contributed by atoms with E-state index in [1.807, 2.05) is 0 Å². The number of aryl methyl sites for hydroxylation is 1. The summed E-state index contributed by atoms with van der Waals surface area (Å²) in [4.78, 5) is 24.6. The third-order valence-electron chi connectivity index (χ3n) is 5.02. The molecule has 32 heavy (non-hydrogen) atoms. The molecule has 164 valence electrons. The number of nitrogens with two attached hydrogens (primary N) is 1. The van der Waals surface area contributed by atoms with Crippen LogP contribution in [0.1, 0.15) is 37.4 Å². The van der Waals surface area contributed by atoms with Gasteiger partial charge in [0.15, 0.2) is 11.6 Å². The molecular weight excluding hydrogens is 456 g/mol. The highest BCUT2D eigenvalue weighted by molar-refractivity contribution is 7.94. The van der Waals surface area contributed by atoms with Crippen LogP contribution in [-0.2, 0) is 20.1 Å². The number of ketones is 2. The van der Waals surface area contributed by atoms with Gasteiger partial charge in [0.2, 0.25) is 0 Å². The Kier molecular flexibility index (Phi) is 4.92. The molecule has 0 bridgehead atoms. The molecule has 0 heterocycles. The molecule has 0 saturated heterocycles. The first-order valence-corrected chi connectivity index (χ1v) is 12.1. The first kappa shape index (κ1) is 21.7. The highest BCUT2D eigenvalue weighted by atomic mass is 32.2. The zero-order valence-electron chi connectivity index (χ0n) is 16.5. The van der Waals surface area contributed by atoms with Crippen LogP contribution in [0.5, 0.6) is 0 Å². The molecule has 0 unspecified atom stereocenters. The number of sulfonamides is 1. The largest absolute Gasteiger partial charge is 0.398 e. The number of hydrogen-bond donors (Lipinski definition) is 3. The second-order valence-corrected chi connectivity index (χ2v) is 10.2. The number of hydrogen-bond acceptors (Lipinski definition) is 7. The van der Waals surface area contributed by atoms with Gasteiger partial charge in [0.05, 0.1) is 16.8 Å². The van der Waals surface area contributed by atoms with Gasteiger partial charge in [0.25, 0.3) is 20.1 Å². The molecular formula is C21H16N2O7S2. The van der Waals surface area contributed by atoms with Crippen LogP contribution in [0.15, 0.2) is 64.4 Å². The number of nitrogen functional groups attached to an aromatic ring is 1. The Bertz CT molecular complexity index is 1540. The average Bonchev–Trinajstić information content (AvgIpc) is 2.72. The van der Waals surface area contributed by atoms with Crippen LogP contribution in [0.4, 0.5) is 11.4 Å². The molecule has 0 radical (unpaired) electrons. The van der Waals surface area contributed by atoms with Crippen LogP contribution >= 0.6 is 0 Å². The summed E-state index contributed by atoms with van der Waals surface area (Å²) < 4.78 is 61.3. The molecule has 9 nitrogen and oxygen atoms in total. The maximum atomic E-state index is 13.1. The molecule has 0 atom stereocenters. The van der Waals surface area contributed by atoms with Crippen LogP contribution < -0.4 is 10.5 Å². The summed E-state index contributed by atoms with van der Waals surface area (Å²) in [7, 11) is -9.48. The van der Waals surface area contributed by atoms with Gasteiger partial charge in [-0.25, -0.2) is 8.42 Å². The first-order valence-electron chi connectivity index (χ1n) is 9.13. The van der Waals surface area contributed by atoms with E-state index in [1.165, 1.54) is 37.3 Å². The number of nitrogens with one attached hydrogen (secondary N) is 1. The smallest absolute Gasteiger partial charge is 0.295 e. The molecule has 1 aliphatic rings. The molecule has 0 spiro atoms. The zero-order valence-corrected chi connectivity index (χ0v) is 18.1. The van der Waals surface area contributed by atoms with E-state index in [-0.39, 0.29) is 33.6 Å². The highest BCUT2D eigenvalue weighted by Crippen LogP contribution is 2.36. The Morgan fingerprint density at radius 3 is 2.00 bits per heavy atom. The molecule has 4 rings (SSSR count). The maximum Gasteiger partial charge on any atom is 0.295 e. The molecule has 4 N–H and O–H groups in total. The molecule has 0 amide bonds. The number of benzene rings is 3. The van der Waals surface area contributed by atoms with Gasteiger partial charge in [-0.15, -0.1) is 0 Å². The lowest BCUT2D eigenvalue weighted by Crippen LogP contribution is -2.25. The fourth-order valence-corrected chi connectivity index (χ4v) is 6.01. The van der Waals surface area contributed by atoms with Crippen molar-refractivity contribution in [2.24, 2.45) is 0 Å². The second-order valence-electron chi connectivity index (χ2n) is 7.19. The molecule has 3 aromatic carbocycles. The normalized spacial score (nSPS) is 13.4. The van der Waals surface area contributed by atoms with Crippen molar-refractivity contribution < 1.29 is 31.0 Å². The van der Waals surface area contributed by atoms with Crippen molar-refractivity contribution in [1.82, 2.24) is 0 Å². The van der Waals surface area contributed by atoms with Gasteiger partial charge in [0, 0.05) is 16.8 Å². The van der Waals surface area contributed by atoms with Crippen LogP contribution in [0, 0.1) is 6.92 Å². The van der Waals surface area contributed by atoms with Crippen LogP contribution in [0.2, 0.25) is 0 Å². The molecule has 11 heteroatoms. The summed E-state index contributed by atoms with van der Waals surface area (Å²) in [6.45, 7) is 1.52. The summed E-state index contributed by atoms with van der Waals surface area (Å²) >= 11 is 0. The quantitative estimate of drug-likeness (QED) is 0.301. The lowest BCUT2D eigenvalue weighted by atomic mass is 9.82. The summed E-state index contributed by atoms with van der Waals surface area (Å²) in [5.41, 5.74) is 5.92. The van der Waals surface area contributed by atoms with E-state index in [1.54, 1.807) is 12.1 Å². The van der Waals surface area contributed by atoms with Crippen LogP contribution in [0.3, 0.4) is 0 Å². The van der Waals surface area contributed by atoms with Crippen molar-refractivity contribution in [2.45, 2.75) is 16.7 Å². The third kappa shape index (κ3) is 3.45. The first-order chi connectivity index (χ1) is 14.9. The van der Waals surface area contributed by atoms with E-state index in [2.05, 4.69) is 4.72 Å². The highest BCUT2D eigenvalue weighted by Gasteiger charge is 2.35. The van der Waals surface area contributed by atoms with E-state index in [4.69, 9.17) is 5.73 Å². The molecule has 0 fully saturated rings. The van der Waals surface area contributed by atoms with Crippen molar-refractivity contribution in [3.63, 3.8) is 0 Å². The topological polar surface area (TPSA) is 161 Å². The van der Waals surface area contributed by atoms with Crippen LogP contribution in [-0.4, -0.2) is 33.0 Å². The van der Waals surface area contributed by atoms with Gasteiger partial charge in [0.1, 0.15) is 9.79 Å². The minimum atomic E-state index is -4.88. The monoisotopic (exact) mass is 472 g/mol. The maximum absolute atomic E-state index is 13.1. The Morgan fingerprint density at radius 2 is 1.41 bits per heavy atom. The van der Waals surface area contributed by atoms with Crippen molar-refractivity contribution in [3.8, 4) is 0 Å². The van der Waals surface area contributed by atoms with E-state index in [0.29, 0.717) is 5.56 Å². The Hall–Kier alpha value is -3.54. The van der Waals surface area contributed by atoms with Gasteiger partial charge >= 0.3 is 0 Å². The van der Waals surface area contributed by atoms with Gasteiger partial charge in [-0.1, -0.05) is 30.3 Å². The number of fused-ring (bicyclic) bond motifs is 2. The van der Waals surface area contributed by atoms with Crippen LogP contribution in [0.25, 0.3) is 0 Å². The van der Waals surface area contributed by atoms with E-state index in [9.17, 15) is 31.0 Å². The van der Waals surface area contributed by atoms with Crippen molar-refractivity contribution in [1.29, 1.82) is 0 Å². The van der Waals surface area contributed by atoms with Crippen molar-refractivity contribution >= 4 is 43.1 Å². The SMILES string of the molecule is Cc1ccc(S(=O)(=O)Nc2ccc(N)c3c2C(=O)c2ccccc2C3=O)c(S(=O)(=O)O)c1. The Balaban J connectivity index is 1.90. The molecule has 0 aliphatic heterocycles. The summed E-state index contributed by atoms with van der Waals surface area (Å²) in [6.07, 6.45) is 0. The standard InChI is InChI=1S/C21H16N2O7S2/c1-11-6-9-16(17(10-11)32(28,29)30)31(26,27)23-15-8-7-14(22)18-19(15)21(25)13-5-3-2-4-12(13)20(18)24/h2-10,23H,22H2,1H3,(H,28,29,30). The predicted molar refractivity (Wildman–Crippen MR) is 116 cm³/mol. The fourth-order valence-electron chi connectivity index (χ4n) is 3.57. The lowest BCUT2D eigenvalue weighted by molar-refractivity contribution is 0.0980. The van der Waals surface area contributed by atoms with Crippen molar-refractivity contribution in [3.05, 3.63) is 82.4 Å². The average molecular weight is 473 g/mol. The molecule has 1 aliphatic carbocycles. The van der Waals surface area contributed by atoms with Crippen molar-refractivity contribution in [2.75, 3.05) is 10.5 Å². The number of carbonyl (C=O) groups is 2.